The summed E-state index contributed by atoms with van der Waals surface area (Å²) in [7, 11) is 1.71. The number of carbonyl (C=O) groups is 1. The minimum atomic E-state index is -0.523. The molecule has 5 nitrogen and oxygen atoms in total. The lowest BCUT2D eigenvalue weighted by Crippen LogP contribution is -2.36. The topological polar surface area (TPSA) is 58.1 Å². The number of hydrogen-bond acceptors (Lipinski definition) is 4. The molecule has 0 saturated heterocycles. The Bertz CT molecular complexity index is 1320. The third kappa shape index (κ3) is 5.22. The molecule has 0 atom stereocenters. The van der Waals surface area contributed by atoms with E-state index in [9.17, 15) is 9.18 Å². The van der Waals surface area contributed by atoms with Gasteiger partial charge in [-0.25, -0.2) is 14.4 Å². The van der Waals surface area contributed by atoms with Gasteiger partial charge in [-0.15, -0.1) is 0 Å². The number of rotatable bonds is 6. The standard InChI is InChI=1S/C28H29FN4O/c1-28(2,3)27(34)33(4)17-22-14-20(10-12-24(22)29)21-11-13-25-23(15-21)26(32-18-31-25)30-16-19-8-6-5-7-9-19/h5-15,18H,16-17H2,1-4H3,(H,30,31,32). The minimum absolute atomic E-state index is 0.0331. The molecule has 1 aromatic heterocycles. The molecule has 1 amide bonds. The molecule has 34 heavy (non-hydrogen) atoms. The maximum atomic E-state index is 14.6. The summed E-state index contributed by atoms with van der Waals surface area (Å²) in [5, 5.41) is 4.29. The third-order valence-electron chi connectivity index (χ3n) is 5.71. The predicted molar refractivity (Wildman–Crippen MR) is 135 cm³/mol. The van der Waals surface area contributed by atoms with Crippen molar-refractivity contribution in [1.82, 2.24) is 14.9 Å². The molecule has 174 valence electrons. The summed E-state index contributed by atoms with van der Waals surface area (Å²) in [5.74, 6) is 0.384. The van der Waals surface area contributed by atoms with Crippen LogP contribution in [0.5, 0.6) is 0 Å². The van der Waals surface area contributed by atoms with Crippen LogP contribution in [0, 0.1) is 11.2 Å². The highest BCUT2D eigenvalue weighted by molar-refractivity contribution is 5.92. The van der Waals surface area contributed by atoms with E-state index in [0.29, 0.717) is 12.1 Å². The van der Waals surface area contributed by atoms with E-state index in [1.165, 1.54) is 6.07 Å². The van der Waals surface area contributed by atoms with Gasteiger partial charge in [0.1, 0.15) is 18.0 Å². The van der Waals surface area contributed by atoms with Crippen molar-refractivity contribution in [2.75, 3.05) is 12.4 Å². The summed E-state index contributed by atoms with van der Waals surface area (Å²) in [6.07, 6.45) is 1.55. The second-order valence-corrected chi connectivity index (χ2v) is 9.51. The van der Waals surface area contributed by atoms with Gasteiger partial charge in [0.25, 0.3) is 0 Å². The molecule has 1 heterocycles. The zero-order valence-corrected chi connectivity index (χ0v) is 20.0. The number of nitrogens with zero attached hydrogens (tertiary/aromatic N) is 3. The van der Waals surface area contributed by atoms with Gasteiger partial charge in [0.15, 0.2) is 0 Å². The van der Waals surface area contributed by atoms with E-state index < -0.39 is 5.41 Å². The van der Waals surface area contributed by atoms with E-state index in [2.05, 4.69) is 27.4 Å². The number of halogens is 1. The molecule has 6 heteroatoms. The number of benzene rings is 3. The lowest BCUT2D eigenvalue weighted by atomic mass is 9.94. The highest BCUT2D eigenvalue weighted by Crippen LogP contribution is 2.29. The van der Waals surface area contributed by atoms with E-state index >= 15 is 0 Å². The molecular weight excluding hydrogens is 427 g/mol. The molecule has 1 N–H and O–H groups in total. The van der Waals surface area contributed by atoms with Gasteiger partial charge in [0, 0.05) is 36.5 Å². The average Bonchev–Trinajstić information content (AvgIpc) is 2.83. The van der Waals surface area contributed by atoms with Gasteiger partial charge < -0.3 is 10.2 Å². The number of hydrogen-bond donors (Lipinski definition) is 1. The zero-order chi connectivity index (χ0) is 24.3. The number of fused-ring (bicyclic) bond motifs is 1. The van der Waals surface area contributed by atoms with Crippen molar-refractivity contribution in [1.29, 1.82) is 0 Å². The summed E-state index contributed by atoms with van der Waals surface area (Å²) >= 11 is 0. The number of nitrogens with one attached hydrogen (secondary N) is 1. The van der Waals surface area contributed by atoms with Crippen LogP contribution < -0.4 is 5.32 Å². The molecule has 0 radical (unpaired) electrons. The predicted octanol–water partition coefficient (Wildman–Crippen LogP) is 6.05. The Labute approximate surface area is 199 Å². The molecule has 0 spiro atoms. The summed E-state index contributed by atoms with van der Waals surface area (Å²) in [6.45, 7) is 6.43. The highest BCUT2D eigenvalue weighted by atomic mass is 19.1. The monoisotopic (exact) mass is 456 g/mol. The van der Waals surface area contributed by atoms with Crippen molar-refractivity contribution in [2.24, 2.45) is 5.41 Å². The van der Waals surface area contributed by atoms with Crippen LogP contribution in [0.25, 0.3) is 22.0 Å². The first-order valence-corrected chi connectivity index (χ1v) is 11.3. The van der Waals surface area contributed by atoms with Gasteiger partial charge in [-0.05, 0) is 41.0 Å². The maximum absolute atomic E-state index is 14.6. The molecule has 0 fully saturated rings. The van der Waals surface area contributed by atoms with Crippen molar-refractivity contribution in [3.63, 3.8) is 0 Å². The largest absolute Gasteiger partial charge is 0.365 e. The summed E-state index contributed by atoms with van der Waals surface area (Å²) in [6, 6.07) is 21.1. The summed E-state index contributed by atoms with van der Waals surface area (Å²) in [4.78, 5) is 23.0. The van der Waals surface area contributed by atoms with Gasteiger partial charge in [-0.2, -0.15) is 0 Å². The maximum Gasteiger partial charge on any atom is 0.227 e. The van der Waals surface area contributed by atoms with Crippen LogP contribution >= 0.6 is 0 Å². The Hall–Kier alpha value is -3.80. The molecule has 0 saturated carbocycles. The van der Waals surface area contributed by atoms with Gasteiger partial charge in [-0.1, -0.05) is 63.2 Å². The molecule has 3 aromatic carbocycles. The van der Waals surface area contributed by atoms with Gasteiger partial charge in [0.2, 0.25) is 5.91 Å². The SMILES string of the molecule is CN(Cc1cc(-c2ccc3ncnc(NCc4ccccc4)c3c2)ccc1F)C(=O)C(C)(C)C. The number of carbonyl (C=O) groups excluding carboxylic acids is 1. The number of anilines is 1. The third-order valence-corrected chi connectivity index (χ3v) is 5.71. The molecule has 4 rings (SSSR count). The Kier molecular flexibility index (Phi) is 6.59. The fourth-order valence-electron chi connectivity index (χ4n) is 3.93. The smallest absolute Gasteiger partial charge is 0.227 e. The zero-order valence-electron chi connectivity index (χ0n) is 20.0. The van der Waals surface area contributed by atoms with E-state index in [0.717, 1.165) is 33.4 Å². The Balaban J connectivity index is 1.63. The Morgan fingerprint density at radius 1 is 0.971 bits per heavy atom. The average molecular weight is 457 g/mol. The Morgan fingerprint density at radius 3 is 2.41 bits per heavy atom. The molecule has 0 bridgehead atoms. The lowest BCUT2D eigenvalue weighted by Gasteiger charge is -2.26. The van der Waals surface area contributed by atoms with E-state index in [1.54, 1.807) is 24.3 Å². The van der Waals surface area contributed by atoms with Crippen LogP contribution in [0.2, 0.25) is 0 Å². The van der Waals surface area contributed by atoms with Crippen molar-refractivity contribution in [3.8, 4) is 11.1 Å². The quantitative estimate of drug-likeness (QED) is 0.384. The van der Waals surface area contributed by atoms with Gasteiger partial charge >= 0.3 is 0 Å². The van der Waals surface area contributed by atoms with Crippen LogP contribution in [0.1, 0.15) is 31.9 Å². The molecule has 0 unspecified atom stereocenters. The minimum Gasteiger partial charge on any atom is -0.365 e. The first-order valence-electron chi connectivity index (χ1n) is 11.3. The summed E-state index contributed by atoms with van der Waals surface area (Å²) in [5.41, 5.74) is 3.73. The Morgan fingerprint density at radius 2 is 1.68 bits per heavy atom. The summed E-state index contributed by atoms with van der Waals surface area (Å²) < 4.78 is 14.6. The number of aromatic nitrogens is 2. The second kappa shape index (κ2) is 9.59. The van der Waals surface area contributed by atoms with E-state index in [-0.39, 0.29) is 18.3 Å². The van der Waals surface area contributed by atoms with Crippen LogP contribution in [-0.4, -0.2) is 27.8 Å². The normalized spacial score (nSPS) is 11.4. The first-order chi connectivity index (χ1) is 16.2. The fourth-order valence-corrected chi connectivity index (χ4v) is 3.93. The molecule has 0 aliphatic heterocycles. The van der Waals surface area contributed by atoms with Crippen LogP contribution in [-0.2, 0) is 17.9 Å². The van der Waals surface area contributed by atoms with Crippen molar-refractivity contribution < 1.29 is 9.18 Å². The number of amides is 1. The van der Waals surface area contributed by atoms with E-state index in [1.807, 2.05) is 63.2 Å². The lowest BCUT2D eigenvalue weighted by molar-refractivity contribution is -0.138. The fraction of sp³-hybridized carbons (Fsp3) is 0.250. The van der Waals surface area contributed by atoms with Crippen LogP contribution in [0.4, 0.5) is 10.2 Å². The van der Waals surface area contributed by atoms with Crippen LogP contribution in [0.15, 0.2) is 73.1 Å². The van der Waals surface area contributed by atoms with Gasteiger partial charge in [0.05, 0.1) is 5.52 Å². The van der Waals surface area contributed by atoms with Crippen LogP contribution in [0.3, 0.4) is 0 Å². The first kappa shape index (κ1) is 23.4. The van der Waals surface area contributed by atoms with Crippen molar-refractivity contribution in [3.05, 3.63) is 90.0 Å². The molecule has 0 aliphatic carbocycles. The molecule has 0 aliphatic rings. The van der Waals surface area contributed by atoms with Crippen molar-refractivity contribution in [2.45, 2.75) is 33.9 Å². The highest BCUT2D eigenvalue weighted by Gasteiger charge is 2.25. The second-order valence-electron chi connectivity index (χ2n) is 9.51. The van der Waals surface area contributed by atoms with E-state index in [4.69, 9.17) is 0 Å². The van der Waals surface area contributed by atoms with Gasteiger partial charge in [-0.3, -0.25) is 4.79 Å². The molecular formula is C28H29FN4O. The molecule has 4 aromatic rings. The van der Waals surface area contributed by atoms with Crippen molar-refractivity contribution >= 4 is 22.6 Å².